The zero-order valence-electron chi connectivity index (χ0n) is 12.5. The molecular weight excluding hydrogens is 296 g/mol. The Bertz CT molecular complexity index is 645. The van der Waals surface area contributed by atoms with Crippen LogP contribution in [0.4, 0.5) is 5.13 Å². The lowest BCUT2D eigenvalue weighted by molar-refractivity contribution is 0.464. The minimum Gasteiger partial charge on any atom is -0.351 e. The molecule has 1 aliphatic rings. The molecular formula is C15H20N6S. The van der Waals surface area contributed by atoms with Crippen molar-refractivity contribution in [3.05, 3.63) is 24.3 Å². The maximum Gasteiger partial charge on any atom is 0.186 e. The number of hydrogen-bond donors (Lipinski definition) is 3. The Morgan fingerprint density at radius 3 is 3.00 bits per heavy atom. The van der Waals surface area contributed by atoms with E-state index in [1.54, 1.807) is 11.3 Å². The minimum absolute atomic E-state index is 0.115. The van der Waals surface area contributed by atoms with Crippen molar-refractivity contribution in [1.82, 2.24) is 15.8 Å². The first kappa shape index (κ1) is 15.2. The molecule has 2 aromatic rings. The molecule has 1 aromatic carbocycles. The Labute approximate surface area is 133 Å². The third-order valence-electron chi connectivity index (χ3n) is 4.02. The number of anilines is 1. The summed E-state index contributed by atoms with van der Waals surface area (Å²) >= 11 is 1.71. The predicted octanol–water partition coefficient (Wildman–Crippen LogP) is 1.41. The molecule has 3 unspecified atom stereocenters. The van der Waals surface area contributed by atoms with Crippen LogP contribution in [0.25, 0.3) is 10.2 Å². The number of aromatic nitrogens is 1. The van der Waals surface area contributed by atoms with Crippen molar-refractivity contribution in [1.29, 1.82) is 5.26 Å². The highest BCUT2D eigenvalue weighted by Crippen LogP contribution is 2.28. The molecule has 4 N–H and O–H groups in total. The number of fused-ring (bicyclic) bond motifs is 1. The predicted molar refractivity (Wildman–Crippen MR) is 89.3 cm³/mol. The van der Waals surface area contributed by atoms with Crippen molar-refractivity contribution < 1.29 is 0 Å². The zero-order valence-corrected chi connectivity index (χ0v) is 13.3. The highest BCUT2D eigenvalue weighted by Gasteiger charge is 2.32. The fourth-order valence-electron chi connectivity index (χ4n) is 2.72. The van der Waals surface area contributed by atoms with Crippen LogP contribution in [-0.2, 0) is 0 Å². The Morgan fingerprint density at radius 1 is 1.41 bits per heavy atom. The Kier molecular flexibility index (Phi) is 4.55. The number of para-hydroxylation sites is 1. The molecule has 3 rings (SSSR count). The second kappa shape index (κ2) is 6.58. The van der Waals surface area contributed by atoms with Crippen molar-refractivity contribution in [2.45, 2.75) is 25.0 Å². The van der Waals surface area contributed by atoms with Gasteiger partial charge in [-0.1, -0.05) is 23.5 Å². The molecule has 0 spiro atoms. The number of nitrogens with zero attached hydrogens (tertiary/aromatic N) is 3. The van der Waals surface area contributed by atoms with Crippen molar-refractivity contribution in [3.8, 4) is 6.07 Å². The van der Waals surface area contributed by atoms with Crippen LogP contribution < -0.4 is 21.5 Å². The SMILES string of the molecule is CN(CCCC1NNC(N)C1C#N)c1nc2ccccc2s1. The molecule has 116 valence electrons. The van der Waals surface area contributed by atoms with Gasteiger partial charge in [0.05, 0.1) is 28.4 Å². The van der Waals surface area contributed by atoms with Crippen LogP contribution in [0.3, 0.4) is 0 Å². The van der Waals surface area contributed by atoms with Gasteiger partial charge in [-0.05, 0) is 25.0 Å². The molecule has 1 aromatic heterocycles. The zero-order chi connectivity index (χ0) is 15.5. The van der Waals surface area contributed by atoms with Gasteiger partial charge in [-0.3, -0.25) is 5.43 Å². The highest BCUT2D eigenvalue weighted by molar-refractivity contribution is 7.22. The maximum absolute atomic E-state index is 9.15. The maximum atomic E-state index is 9.15. The van der Waals surface area contributed by atoms with E-state index >= 15 is 0 Å². The fraction of sp³-hybridized carbons (Fsp3) is 0.467. The standard InChI is InChI=1S/C15H20N6S/c1-21(15-18-12-5-2-3-7-13(12)22-15)8-4-6-11-10(9-16)14(17)20-19-11/h2-3,5,7,10-11,14,19-20H,4,6,8,17H2,1H3. The molecule has 3 atom stereocenters. The van der Waals surface area contributed by atoms with Crippen LogP contribution in [0.15, 0.2) is 24.3 Å². The van der Waals surface area contributed by atoms with E-state index in [4.69, 9.17) is 11.0 Å². The van der Waals surface area contributed by atoms with E-state index in [9.17, 15) is 0 Å². The first-order valence-electron chi connectivity index (χ1n) is 7.42. The van der Waals surface area contributed by atoms with E-state index < -0.39 is 0 Å². The van der Waals surface area contributed by atoms with Gasteiger partial charge in [-0.15, -0.1) is 0 Å². The smallest absolute Gasteiger partial charge is 0.186 e. The first-order chi connectivity index (χ1) is 10.7. The van der Waals surface area contributed by atoms with Crippen LogP contribution in [0, 0.1) is 17.2 Å². The van der Waals surface area contributed by atoms with Gasteiger partial charge in [0.15, 0.2) is 5.13 Å². The molecule has 22 heavy (non-hydrogen) atoms. The van der Waals surface area contributed by atoms with E-state index in [1.165, 1.54) is 4.70 Å². The lowest BCUT2D eigenvalue weighted by Crippen LogP contribution is -2.38. The van der Waals surface area contributed by atoms with Gasteiger partial charge in [0.2, 0.25) is 0 Å². The van der Waals surface area contributed by atoms with E-state index in [2.05, 4.69) is 39.9 Å². The molecule has 1 saturated heterocycles. The Balaban J connectivity index is 1.54. The molecule has 1 aliphatic heterocycles. The summed E-state index contributed by atoms with van der Waals surface area (Å²) in [4.78, 5) is 6.83. The van der Waals surface area contributed by atoms with E-state index in [-0.39, 0.29) is 18.1 Å². The number of thiazole rings is 1. The van der Waals surface area contributed by atoms with Crippen molar-refractivity contribution in [2.75, 3.05) is 18.5 Å². The van der Waals surface area contributed by atoms with Crippen LogP contribution in [0.5, 0.6) is 0 Å². The molecule has 6 nitrogen and oxygen atoms in total. The summed E-state index contributed by atoms with van der Waals surface area (Å²) in [6, 6.07) is 10.6. The summed E-state index contributed by atoms with van der Waals surface area (Å²) in [6.07, 6.45) is 1.61. The minimum atomic E-state index is -0.281. The van der Waals surface area contributed by atoms with Gasteiger partial charge in [0.25, 0.3) is 0 Å². The monoisotopic (exact) mass is 316 g/mol. The van der Waals surface area contributed by atoms with Gasteiger partial charge < -0.3 is 10.6 Å². The van der Waals surface area contributed by atoms with E-state index in [1.807, 2.05) is 18.2 Å². The topological polar surface area (TPSA) is 90.0 Å². The lowest BCUT2D eigenvalue weighted by atomic mass is 9.97. The number of hydrazine groups is 1. The molecule has 0 radical (unpaired) electrons. The average molecular weight is 316 g/mol. The third-order valence-corrected chi connectivity index (χ3v) is 5.17. The van der Waals surface area contributed by atoms with Crippen LogP contribution >= 0.6 is 11.3 Å². The summed E-state index contributed by atoms with van der Waals surface area (Å²) < 4.78 is 1.21. The van der Waals surface area contributed by atoms with Crippen LogP contribution in [-0.4, -0.2) is 30.8 Å². The van der Waals surface area contributed by atoms with Gasteiger partial charge in [0, 0.05) is 19.6 Å². The normalized spacial score (nSPS) is 24.5. The second-order valence-electron chi connectivity index (χ2n) is 5.60. The number of nitriles is 1. The Morgan fingerprint density at radius 2 is 2.23 bits per heavy atom. The number of nitrogens with two attached hydrogens (primary N) is 1. The molecule has 1 fully saturated rings. The number of hydrogen-bond acceptors (Lipinski definition) is 7. The van der Waals surface area contributed by atoms with Crippen molar-refractivity contribution >= 4 is 26.7 Å². The molecule has 2 heterocycles. The lowest BCUT2D eigenvalue weighted by Gasteiger charge is -2.18. The van der Waals surface area contributed by atoms with Gasteiger partial charge in [-0.25, -0.2) is 10.4 Å². The average Bonchev–Trinajstić information content (AvgIpc) is 3.10. The first-order valence-corrected chi connectivity index (χ1v) is 8.23. The largest absolute Gasteiger partial charge is 0.351 e. The Hall–Kier alpha value is -1.72. The van der Waals surface area contributed by atoms with Gasteiger partial charge in [0.1, 0.15) is 0 Å². The summed E-state index contributed by atoms with van der Waals surface area (Å²) in [6.45, 7) is 0.908. The number of nitrogens with one attached hydrogen (secondary N) is 2. The van der Waals surface area contributed by atoms with Crippen molar-refractivity contribution in [3.63, 3.8) is 0 Å². The molecule has 0 saturated carbocycles. The summed E-state index contributed by atoms with van der Waals surface area (Å²) in [5, 5.41) is 10.2. The van der Waals surface area contributed by atoms with Gasteiger partial charge in [-0.2, -0.15) is 5.26 Å². The third kappa shape index (κ3) is 3.05. The van der Waals surface area contributed by atoms with Crippen LogP contribution in [0.2, 0.25) is 0 Å². The second-order valence-corrected chi connectivity index (χ2v) is 6.61. The molecule has 0 aliphatic carbocycles. The summed E-state index contributed by atoms with van der Waals surface area (Å²) in [5.74, 6) is -0.173. The summed E-state index contributed by atoms with van der Waals surface area (Å²) in [5.41, 5.74) is 12.9. The number of benzene rings is 1. The molecule has 0 amide bonds. The molecule has 7 heteroatoms. The van der Waals surface area contributed by atoms with Crippen molar-refractivity contribution in [2.24, 2.45) is 11.7 Å². The quantitative estimate of drug-likeness (QED) is 0.773. The van der Waals surface area contributed by atoms with E-state index in [0.717, 1.165) is 30.0 Å². The number of rotatable bonds is 5. The van der Waals surface area contributed by atoms with Crippen LogP contribution in [0.1, 0.15) is 12.8 Å². The molecule has 0 bridgehead atoms. The fourth-order valence-corrected chi connectivity index (χ4v) is 3.68. The van der Waals surface area contributed by atoms with Gasteiger partial charge >= 0.3 is 0 Å². The highest BCUT2D eigenvalue weighted by atomic mass is 32.1. The summed E-state index contributed by atoms with van der Waals surface area (Å²) in [7, 11) is 2.06. The van der Waals surface area contributed by atoms with E-state index in [0.29, 0.717) is 0 Å².